The van der Waals surface area contributed by atoms with Gasteiger partial charge in [-0.15, -0.1) is 0 Å². The van der Waals surface area contributed by atoms with Crippen LogP contribution in [0.3, 0.4) is 0 Å². The average Bonchev–Trinajstić information content (AvgIpc) is 2.93. The lowest BCUT2D eigenvalue weighted by atomic mass is 9.80. The fourth-order valence-electron chi connectivity index (χ4n) is 5.54. The first-order chi connectivity index (χ1) is 17.3. The third-order valence-electron chi connectivity index (χ3n) is 7.34. The highest BCUT2D eigenvalue weighted by Crippen LogP contribution is 2.39. The lowest BCUT2D eigenvalue weighted by Crippen LogP contribution is -2.07. The van der Waals surface area contributed by atoms with Gasteiger partial charge >= 0.3 is 0 Å². The Balaban J connectivity index is 0.000000191. The average molecular weight is 453 g/mol. The second-order valence-electron chi connectivity index (χ2n) is 9.45. The van der Waals surface area contributed by atoms with E-state index < -0.39 is 0 Å². The number of hydrogen-bond donors (Lipinski definition) is 0. The van der Waals surface area contributed by atoms with Crippen molar-refractivity contribution >= 4 is 32.3 Å². The third kappa shape index (κ3) is 4.06. The van der Waals surface area contributed by atoms with E-state index in [4.69, 9.17) is 0 Å². The van der Waals surface area contributed by atoms with Crippen molar-refractivity contribution in [2.24, 2.45) is 0 Å². The number of benzene rings is 4. The van der Waals surface area contributed by atoms with Gasteiger partial charge in [-0.3, -0.25) is 9.97 Å². The van der Waals surface area contributed by atoms with Crippen molar-refractivity contribution in [1.82, 2.24) is 9.97 Å². The highest BCUT2D eigenvalue weighted by Gasteiger charge is 2.19. The summed E-state index contributed by atoms with van der Waals surface area (Å²) in [5, 5.41) is 7.96. The standard InChI is InChI=1S/C24H21N.C9H7N/c1-16-4-2-6-20-18(16)8-9-24-21-7-3-5-19(17-12-14-25-15-13-17)22(21)10-11-23(20)24;1-2-4-9-7-10-6-5-8(9)3-1/h3,5,7-16H,2,4,6H2,1H3;1-7H. The van der Waals surface area contributed by atoms with Gasteiger partial charge in [0.15, 0.2) is 0 Å². The Hall–Kier alpha value is -4.04. The van der Waals surface area contributed by atoms with Crippen LogP contribution in [0.25, 0.3) is 43.4 Å². The van der Waals surface area contributed by atoms with Gasteiger partial charge in [-0.1, -0.05) is 73.7 Å². The van der Waals surface area contributed by atoms with Crippen LogP contribution in [0.2, 0.25) is 0 Å². The van der Waals surface area contributed by atoms with E-state index >= 15 is 0 Å². The molecule has 1 unspecified atom stereocenters. The zero-order valence-electron chi connectivity index (χ0n) is 20.0. The summed E-state index contributed by atoms with van der Waals surface area (Å²) < 4.78 is 0. The molecular weight excluding hydrogens is 424 g/mol. The molecule has 1 aliphatic carbocycles. The Kier molecular flexibility index (Phi) is 5.71. The predicted octanol–water partition coefficient (Wildman–Crippen LogP) is 8.73. The zero-order valence-corrected chi connectivity index (χ0v) is 20.0. The molecule has 0 amide bonds. The summed E-state index contributed by atoms with van der Waals surface area (Å²) in [6.45, 7) is 2.37. The summed E-state index contributed by atoms with van der Waals surface area (Å²) in [5.74, 6) is 0.687. The van der Waals surface area contributed by atoms with Gasteiger partial charge in [0.2, 0.25) is 0 Å². The molecule has 35 heavy (non-hydrogen) atoms. The first kappa shape index (κ1) is 21.5. The van der Waals surface area contributed by atoms with E-state index in [9.17, 15) is 0 Å². The SMILES string of the molecule is CC1CCCc2c1ccc1c2ccc2c(-c3ccncc3)cccc21.c1ccc2cnccc2c1. The molecule has 0 radical (unpaired) electrons. The first-order valence-corrected chi connectivity index (χ1v) is 12.5. The molecule has 0 bridgehead atoms. The van der Waals surface area contributed by atoms with Crippen LogP contribution in [0, 0.1) is 0 Å². The molecule has 2 aromatic heterocycles. The summed E-state index contributed by atoms with van der Waals surface area (Å²) in [6.07, 6.45) is 11.3. The van der Waals surface area contributed by atoms with Crippen molar-refractivity contribution in [3.63, 3.8) is 0 Å². The van der Waals surface area contributed by atoms with Crippen molar-refractivity contribution in [1.29, 1.82) is 0 Å². The Morgan fingerprint density at radius 3 is 2.23 bits per heavy atom. The van der Waals surface area contributed by atoms with Crippen LogP contribution in [-0.4, -0.2) is 9.97 Å². The predicted molar refractivity (Wildman–Crippen MR) is 148 cm³/mol. The van der Waals surface area contributed by atoms with E-state index in [1.165, 1.54) is 62.7 Å². The van der Waals surface area contributed by atoms with E-state index in [0.29, 0.717) is 5.92 Å². The number of fused-ring (bicyclic) bond motifs is 6. The number of pyridine rings is 2. The zero-order chi connectivity index (χ0) is 23.6. The minimum Gasteiger partial charge on any atom is -0.265 e. The van der Waals surface area contributed by atoms with Crippen molar-refractivity contribution in [3.8, 4) is 11.1 Å². The first-order valence-electron chi connectivity index (χ1n) is 12.5. The van der Waals surface area contributed by atoms with E-state index in [-0.39, 0.29) is 0 Å². The van der Waals surface area contributed by atoms with E-state index in [2.05, 4.69) is 83.6 Å². The summed E-state index contributed by atoms with van der Waals surface area (Å²) in [7, 11) is 0. The topological polar surface area (TPSA) is 25.8 Å². The maximum atomic E-state index is 4.16. The molecule has 0 fully saturated rings. The molecule has 0 saturated heterocycles. The number of aromatic nitrogens is 2. The summed E-state index contributed by atoms with van der Waals surface area (Å²) in [6, 6.07) is 30.4. The van der Waals surface area contributed by atoms with Gasteiger partial charge in [-0.25, -0.2) is 0 Å². The Morgan fingerprint density at radius 2 is 1.37 bits per heavy atom. The molecule has 2 nitrogen and oxygen atoms in total. The smallest absolute Gasteiger partial charge is 0.0346 e. The fraction of sp³-hybridized carbons (Fsp3) is 0.152. The molecule has 2 heterocycles. The summed E-state index contributed by atoms with van der Waals surface area (Å²) in [4.78, 5) is 8.17. The Labute approximate surface area is 206 Å². The van der Waals surface area contributed by atoms with Gasteiger partial charge < -0.3 is 0 Å². The molecule has 0 N–H and O–H groups in total. The van der Waals surface area contributed by atoms with Crippen LogP contribution in [0.15, 0.2) is 110 Å². The van der Waals surface area contributed by atoms with Crippen molar-refractivity contribution in [2.45, 2.75) is 32.1 Å². The lowest BCUT2D eigenvalue weighted by Gasteiger charge is -2.24. The molecule has 0 saturated carbocycles. The largest absolute Gasteiger partial charge is 0.265 e. The van der Waals surface area contributed by atoms with E-state index in [0.717, 1.165) is 0 Å². The van der Waals surface area contributed by atoms with Crippen LogP contribution in [0.4, 0.5) is 0 Å². The lowest BCUT2D eigenvalue weighted by molar-refractivity contribution is 0.593. The minimum atomic E-state index is 0.687. The maximum absolute atomic E-state index is 4.16. The quantitative estimate of drug-likeness (QED) is 0.233. The monoisotopic (exact) mass is 452 g/mol. The highest BCUT2D eigenvalue weighted by molar-refractivity contribution is 6.13. The molecule has 1 atom stereocenters. The van der Waals surface area contributed by atoms with Gasteiger partial charge in [-0.05, 0) is 98.0 Å². The summed E-state index contributed by atoms with van der Waals surface area (Å²) >= 11 is 0. The second-order valence-corrected chi connectivity index (χ2v) is 9.45. The van der Waals surface area contributed by atoms with E-state index in [1.54, 1.807) is 11.1 Å². The number of aryl methyl sites for hydroxylation is 1. The molecule has 1 aliphatic rings. The molecule has 2 heteroatoms. The fourth-order valence-corrected chi connectivity index (χ4v) is 5.54. The van der Waals surface area contributed by atoms with Gasteiger partial charge in [0, 0.05) is 24.8 Å². The Morgan fingerprint density at radius 1 is 0.629 bits per heavy atom. The normalized spacial score (nSPS) is 14.9. The van der Waals surface area contributed by atoms with Gasteiger partial charge in [0.05, 0.1) is 0 Å². The Bertz CT molecular complexity index is 1570. The van der Waals surface area contributed by atoms with Crippen molar-refractivity contribution < 1.29 is 0 Å². The highest BCUT2D eigenvalue weighted by atomic mass is 14.6. The van der Waals surface area contributed by atoms with Crippen LogP contribution in [0.5, 0.6) is 0 Å². The molecule has 7 rings (SSSR count). The molecule has 0 aliphatic heterocycles. The molecular formula is C33H28N2. The van der Waals surface area contributed by atoms with Crippen molar-refractivity contribution in [2.75, 3.05) is 0 Å². The van der Waals surface area contributed by atoms with Crippen LogP contribution < -0.4 is 0 Å². The minimum absolute atomic E-state index is 0.687. The number of hydrogen-bond acceptors (Lipinski definition) is 2. The number of rotatable bonds is 1. The van der Waals surface area contributed by atoms with Crippen molar-refractivity contribution in [3.05, 3.63) is 121 Å². The van der Waals surface area contributed by atoms with Gasteiger partial charge in [0.25, 0.3) is 0 Å². The molecule has 4 aromatic carbocycles. The van der Waals surface area contributed by atoms with E-state index in [1.807, 2.05) is 43.0 Å². The second kappa shape index (κ2) is 9.31. The van der Waals surface area contributed by atoms with Gasteiger partial charge in [0.1, 0.15) is 0 Å². The molecule has 6 aromatic rings. The van der Waals surface area contributed by atoms with Gasteiger partial charge in [-0.2, -0.15) is 0 Å². The maximum Gasteiger partial charge on any atom is 0.0346 e. The molecule has 170 valence electrons. The van der Waals surface area contributed by atoms with Crippen LogP contribution in [-0.2, 0) is 6.42 Å². The number of nitrogens with zero attached hydrogens (tertiary/aromatic N) is 2. The van der Waals surface area contributed by atoms with Crippen LogP contribution in [0.1, 0.15) is 36.8 Å². The third-order valence-corrected chi connectivity index (χ3v) is 7.34. The van der Waals surface area contributed by atoms with Crippen LogP contribution >= 0.6 is 0 Å². The summed E-state index contributed by atoms with van der Waals surface area (Å²) in [5.41, 5.74) is 5.65. The molecule has 0 spiro atoms.